The number of hydrogen-bond acceptors (Lipinski definition) is 6. The lowest BCUT2D eigenvalue weighted by molar-refractivity contribution is -0.142. The molecule has 2 heterocycles. The second-order valence-electron chi connectivity index (χ2n) is 7.28. The van der Waals surface area contributed by atoms with Gasteiger partial charge < -0.3 is 19.1 Å². The first-order valence-corrected chi connectivity index (χ1v) is 9.40. The molecule has 1 amide bonds. The normalized spacial score (nSPS) is 11.4. The van der Waals surface area contributed by atoms with Gasteiger partial charge >= 0.3 is 5.97 Å². The molecule has 0 atom stereocenters. The number of carbonyl (C=O) groups is 2. The van der Waals surface area contributed by atoms with Crippen molar-refractivity contribution in [3.63, 3.8) is 0 Å². The van der Waals surface area contributed by atoms with E-state index in [0.717, 1.165) is 29.9 Å². The third kappa shape index (κ3) is 6.07. The molecule has 8 nitrogen and oxygen atoms in total. The second kappa shape index (κ2) is 9.73. The van der Waals surface area contributed by atoms with Crippen LogP contribution >= 0.6 is 0 Å². The maximum Gasteiger partial charge on any atom is 0.349 e. The third-order valence-electron chi connectivity index (χ3n) is 4.41. The van der Waals surface area contributed by atoms with Crippen LogP contribution in [0.2, 0.25) is 0 Å². The van der Waals surface area contributed by atoms with Gasteiger partial charge in [0.05, 0.1) is 0 Å². The predicted molar refractivity (Wildman–Crippen MR) is 108 cm³/mol. The van der Waals surface area contributed by atoms with Gasteiger partial charge in [-0.25, -0.2) is 4.79 Å². The van der Waals surface area contributed by atoms with E-state index in [0.29, 0.717) is 11.7 Å². The van der Waals surface area contributed by atoms with E-state index < -0.39 is 18.5 Å². The van der Waals surface area contributed by atoms with Crippen LogP contribution in [0.5, 0.6) is 0 Å². The highest BCUT2D eigenvalue weighted by Crippen LogP contribution is 2.20. The Bertz CT molecular complexity index is 960. The Labute approximate surface area is 170 Å². The summed E-state index contributed by atoms with van der Waals surface area (Å²) in [6.07, 6.45) is 2.53. The van der Waals surface area contributed by atoms with Gasteiger partial charge in [-0.2, -0.15) is 5.26 Å². The van der Waals surface area contributed by atoms with Crippen LogP contribution < -0.4 is 5.32 Å². The fourth-order valence-corrected chi connectivity index (χ4v) is 2.81. The Hall–Kier alpha value is -3.34. The van der Waals surface area contributed by atoms with Crippen LogP contribution in [0.25, 0.3) is 6.08 Å². The van der Waals surface area contributed by atoms with Gasteiger partial charge in [-0.3, -0.25) is 4.79 Å². The van der Waals surface area contributed by atoms with Crippen molar-refractivity contribution in [1.82, 2.24) is 9.72 Å². The van der Waals surface area contributed by atoms with Crippen molar-refractivity contribution in [2.24, 2.45) is 5.92 Å². The van der Waals surface area contributed by atoms with E-state index in [1.54, 1.807) is 6.92 Å². The number of carbonyl (C=O) groups excluding carboxylic acids is 2. The van der Waals surface area contributed by atoms with Crippen molar-refractivity contribution in [3.8, 4) is 6.07 Å². The van der Waals surface area contributed by atoms with E-state index in [4.69, 9.17) is 9.26 Å². The standard InChI is InChI=1S/C21H26N4O4/c1-13(2)6-7-25-14(3)8-17(16(25)5)10-18(11-22)21(27)28-12-20(26)23-19-9-15(4)29-24-19/h8-10,13H,6-7,12H2,1-5H3,(H,23,24,26)/b18-10+. The lowest BCUT2D eigenvalue weighted by atomic mass is 10.1. The van der Waals surface area contributed by atoms with Crippen molar-refractivity contribution >= 4 is 23.8 Å². The summed E-state index contributed by atoms with van der Waals surface area (Å²) >= 11 is 0. The number of amides is 1. The van der Waals surface area contributed by atoms with Crippen LogP contribution in [-0.4, -0.2) is 28.2 Å². The molecule has 154 valence electrons. The number of nitriles is 1. The summed E-state index contributed by atoms with van der Waals surface area (Å²) in [6.45, 7) is 10.3. The lowest BCUT2D eigenvalue weighted by Gasteiger charge is -2.11. The summed E-state index contributed by atoms with van der Waals surface area (Å²) in [5.74, 6) is -0.0830. The molecule has 0 aliphatic carbocycles. The fraction of sp³-hybridized carbons (Fsp3) is 0.429. The molecule has 0 bridgehead atoms. The number of esters is 1. The number of aromatic nitrogens is 2. The van der Waals surface area contributed by atoms with Gasteiger partial charge in [0.25, 0.3) is 5.91 Å². The Morgan fingerprint density at radius 2 is 2.07 bits per heavy atom. The Morgan fingerprint density at radius 3 is 2.66 bits per heavy atom. The highest BCUT2D eigenvalue weighted by atomic mass is 16.5. The summed E-state index contributed by atoms with van der Waals surface area (Å²) in [4.78, 5) is 24.1. The largest absolute Gasteiger partial charge is 0.451 e. The first kappa shape index (κ1) is 22.0. The molecule has 29 heavy (non-hydrogen) atoms. The first-order valence-electron chi connectivity index (χ1n) is 9.40. The molecule has 0 aliphatic heterocycles. The summed E-state index contributed by atoms with van der Waals surface area (Å²) < 4.78 is 12.0. The Morgan fingerprint density at radius 1 is 1.34 bits per heavy atom. The highest BCUT2D eigenvalue weighted by Gasteiger charge is 2.16. The van der Waals surface area contributed by atoms with E-state index in [-0.39, 0.29) is 11.4 Å². The number of nitrogens with one attached hydrogen (secondary N) is 1. The minimum atomic E-state index is -0.856. The van der Waals surface area contributed by atoms with Crippen molar-refractivity contribution in [1.29, 1.82) is 5.26 Å². The number of ether oxygens (including phenoxy) is 1. The van der Waals surface area contributed by atoms with Crippen LogP contribution in [-0.2, 0) is 20.9 Å². The molecule has 2 aromatic heterocycles. The molecule has 2 rings (SSSR count). The van der Waals surface area contributed by atoms with E-state index in [1.807, 2.05) is 26.0 Å². The van der Waals surface area contributed by atoms with Gasteiger partial charge in [-0.1, -0.05) is 19.0 Å². The van der Waals surface area contributed by atoms with Crippen LogP contribution in [0.4, 0.5) is 5.82 Å². The zero-order valence-corrected chi connectivity index (χ0v) is 17.4. The number of aryl methyl sites for hydroxylation is 2. The molecule has 0 spiro atoms. The maximum absolute atomic E-state index is 12.2. The van der Waals surface area contributed by atoms with Gasteiger partial charge in [-0.15, -0.1) is 0 Å². The summed E-state index contributed by atoms with van der Waals surface area (Å²) in [6, 6.07) is 5.32. The summed E-state index contributed by atoms with van der Waals surface area (Å²) in [5.41, 5.74) is 2.65. The average Bonchev–Trinajstić information content (AvgIpc) is 3.18. The molecular weight excluding hydrogens is 372 g/mol. The maximum atomic E-state index is 12.2. The van der Waals surface area contributed by atoms with Crippen LogP contribution in [0.15, 0.2) is 22.2 Å². The van der Waals surface area contributed by atoms with Crippen LogP contribution in [0, 0.1) is 38.0 Å². The van der Waals surface area contributed by atoms with Gasteiger partial charge in [0.1, 0.15) is 17.4 Å². The van der Waals surface area contributed by atoms with Crippen LogP contribution in [0.3, 0.4) is 0 Å². The molecule has 0 aromatic carbocycles. The molecule has 0 unspecified atom stereocenters. The molecule has 0 radical (unpaired) electrons. The lowest BCUT2D eigenvalue weighted by Crippen LogP contribution is -2.21. The number of nitrogens with zero attached hydrogens (tertiary/aromatic N) is 3. The van der Waals surface area contributed by atoms with Gasteiger partial charge in [-0.05, 0) is 50.8 Å². The zero-order chi connectivity index (χ0) is 21.6. The Balaban J connectivity index is 2.03. The molecule has 8 heteroatoms. The second-order valence-corrected chi connectivity index (χ2v) is 7.28. The topological polar surface area (TPSA) is 110 Å². The molecule has 0 fully saturated rings. The number of rotatable bonds is 8. The molecule has 0 saturated carbocycles. The third-order valence-corrected chi connectivity index (χ3v) is 4.41. The van der Waals surface area contributed by atoms with E-state index in [9.17, 15) is 14.9 Å². The molecule has 1 N–H and O–H groups in total. The van der Waals surface area contributed by atoms with E-state index in [2.05, 4.69) is 28.9 Å². The van der Waals surface area contributed by atoms with E-state index in [1.165, 1.54) is 12.1 Å². The fourth-order valence-electron chi connectivity index (χ4n) is 2.81. The van der Waals surface area contributed by atoms with Crippen molar-refractivity contribution in [2.45, 2.75) is 47.6 Å². The first-order chi connectivity index (χ1) is 13.7. The highest BCUT2D eigenvalue weighted by molar-refractivity contribution is 6.00. The molecule has 0 saturated heterocycles. The smallest absolute Gasteiger partial charge is 0.349 e. The quantitative estimate of drug-likeness (QED) is 0.414. The van der Waals surface area contributed by atoms with E-state index >= 15 is 0 Å². The number of hydrogen-bond donors (Lipinski definition) is 1. The predicted octanol–water partition coefficient (Wildman–Crippen LogP) is 3.54. The van der Waals surface area contributed by atoms with Gasteiger partial charge in [0.15, 0.2) is 12.4 Å². The zero-order valence-electron chi connectivity index (χ0n) is 17.4. The monoisotopic (exact) mass is 398 g/mol. The van der Waals surface area contributed by atoms with Crippen molar-refractivity contribution in [2.75, 3.05) is 11.9 Å². The summed E-state index contributed by atoms with van der Waals surface area (Å²) in [7, 11) is 0. The number of anilines is 1. The summed E-state index contributed by atoms with van der Waals surface area (Å²) in [5, 5.41) is 15.4. The minimum absolute atomic E-state index is 0.167. The van der Waals surface area contributed by atoms with Crippen LogP contribution in [0.1, 0.15) is 43.0 Å². The van der Waals surface area contributed by atoms with Gasteiger partial charge in [0, 0.05) is 24.0 Å². The molecule has 0 aliphatic rings. The average molecular weight is 398 g/mol. The Kier molecular flexibility index (Phi) is 7.37. The van der Waals surface area contributed by atoms with Crippen molar-refractivity contribution < 1.29 is 18.8 Å². The minimum Gasteiger partial charge on any atom is -0.451 e. The van der Waals surface area contributed by atoms with Gasteiger partial charge in [0.2, 0.25) is 0 Å². The SMILES string of the molecule is Cc1cc(NC(=O)COC(=O)/C(C#N)=C/c2cc(C)n(CCC(C)C)c2C)no1. The molecular formula is C21H26N4O4. The molecule has 2 aromatic rings. The van der Waals surface area contributed by atoms with Crippen molar-refractivity contribution in [3.05, 3.63) is 40.4 Å².